The molecule has 190 valence electrons. The molecule has 0 aliphatic carbocycles. The van der Waals surface area contributed by atoms with Crippen LogP contribution in [0.4, 0.5) is 0 Å². The van der Waals surface area contributed by atoms with Crippen LogP contribution in [0.5, 0.6) is 17.2 Å². The van der Waals surface area contributed by atoms with Gasteiger partial charge >= 0.3 is 0 Å². The maximum absolute atomic E-state index is 13.4. The lowest BCUT2D eigenvalue weighted by molar-refractivity contribution is -0.129. The number of aliphatic hydroxyl groups is 1. The first kappa shape index (κ1) is 24.1. The lowest BCUT2D eigenvalue weighted by atomic mass is 9.94. The fraction of sp³-hybridized carbons (Fsp3) is 0.214. The van der Waals surface area contributed by atoms with E-state index >= 15 is 0 Å². The number of methoxy groups -OCH3 is 1. The third kappa shape index (κ3) is 4.29. The zero-order valence-electron chi connectivity index (χ0n) is 20.4. The normalized spacial score (nSPS) is 15.6. The summed E-state index contributed by atoms with van der Waals surface area (Å²) in [5.74, 6) is -1.02. The minimum atomic E-state index is -0.912. The number of H-pyrrole nitrogens is 1. The van der Waals surface area contributed by atoms with Gasteiger partial charge in [-0.15, -0.1) is 0 Å². The van der Waals surface area contributed by atoms with E-state index in [2.05, 4.69) is 4.98 Å². The molecule has 0 saturated carbocycles. The van der Waals surface area contributed by atoms with Gasteiger partial charge in [-0.3, -0.25) is 9.59 Å². The van der Waals surface area contributed by atoms with Crippen molar-refractivity contribution in [3.8, 4) is 17.2 Å². The van der Waals surface area contributed by atoms with E-state index in [0.717, 1.165) is 16.5 Å². The molecule has 0 fully saturated rings. The molecule has 37 heavy (non-hydrogen) atoms. The first-order valence-corrected chi connectivity index (χ1v) is 11.8. The summed E-state index contributed by atoms with van der Waals surface area (Å²) in [5, 5.41) is 22.0. The van der Waals surface area contributed by atoms with Gasteiger partial charge in [0.05, 0.1) is 31.6 Å². The van der Waals surface area contributed by atoms with Gasteiger partial charge in [-0.1, -0.05) is 6.07 Å². The van der Waals surface area contributed by atoms with Crippen LogP contribution in [0.15, 0.2) is 76.7 Å². The van der Waals surface area contributed by atoms with E-state index < -0.39 is 23.5 Å². The Kier molecular flexibility index (Phi) is 6.35. The van der Waals surface area contributed by atoms with Gasteiger partial charge in [0.15, 0.2) is 23.0 Å². The highest BCUT2D eigenvalue weighted by Crippen LogP contribution is 2.41. The fourth-order valence-corrected chi connectivity index (χ4v) is 4.71. The van der Waals surface area contributed by atoms with Crippen LogP contribution in [0.1, 0.15) is 34.6 Å². The molecule has 1 atom stereocenters. The van der Waals surface area contributed by atoms with E-state index in [-0.39, 0.29) is 29.4 Å². The van der Waals surface area contributed by atoms with Crippen molar-refractivity contribution in [3.63, 3.8) is 0 Å². The molecule has 3 N–H and O–H groups in total. The summed E-state index contributed by atoms with van der Waals surface area (Å²) < 4.78 is 16.2. The summed E-state index contributed by atoms with van der Waals surface area (Å²) in [4.78, 5) is 31.3. The standard InChI is InChI=1S/C28H26N2O7/c1-3-36-23-13-16(6-9-21(23)31)25-24(26(32)22-5-4-12-37-22)27(33)28(34)30(25)11-10-17-15-29-20-8-7-18(35-2)14-19(17)20/h4-9,12-15,25,29,31,33H,3,10-11H2,1-2H3/t25-/m1/s1. The molecule has 2 aromatic carbocycles. The number of nitrogens with one attached hydrogen (secondary N) is 1. The third-order valence-electron chi connectivity index (χ3n) is 6.49. The maximum atomic E-state index is 13.4. The van der Waals surface area contributed by atoms with Crippen LogP contribution in [0, 0.1) is 0 Å². The number of phenols is 1. The van der Waals surface area contributed by atoms with Gasteiger partial charge in [-0.05, 0) is 66.9 Å². The zero-order valence-corrected chi connectivity index (χ0v) is 20.4. The van der Waals surface area contributed by atoms with Gasteiger partial charge in [0, 0.05) is 23.6 Å². The topological polar surface area (TPSA) is 125 Å². The number of hydrogen-bond acceptors (Lipinski definition) is 7. The molecule has 1 aliphatic rings. The molecule has 0 spiro atoms. The molecular weight excluding hydrogens is 476 g/mol. The molecule has 9 heteroatoms. The molecule has 1 aliphatic heterocycles. The number of hydrogen-bond donors (Lipinski definition) is 3. The molecular formula is C28H26N2O7. The van der Waals surface area contributed by atoms with Crippen LogP contribution < -0.4 is 9.47 Å². The number of aromatic hydroxyl groups is 1. The van der Waals surface area contributed by atoms with Gasteiger partial charge in [-0.2, -0.15) is 0 Å². The number of ether oxygens (including phenoxy) is 2. The molecule has 1 amide bonds. The van der Waals surface area contributed by atoms with Gasteiger partial charge < -0.3 is 34.0 Å². The highest BCUT2D eigenvalue weighted by molar-refractivity contribution is 6.15. The van der Waals surface area contributed by atoms with Crippen LogP contribution in [0.2, 0.25) is 0 Å². The molecule has 0 bridgehead atoms. The Hall–Kier alpha value is -4.66. The average Bonchev–Trinajstić information content (AvgIpc) is 3.63. The molecule has 0 radical (unpaired) electrons. The number of rotatable bonds is 9. The molecule has 0 saturated heterocycles. The minimum absolute atomic E-state index is 0.00809. The summed E-state index contributed by atoms with van der Waals surface area (Å²) in [6.07, 6.45) is 3.67. The van der Waals surface area contributed by atoms with E-state index in [9.17, 15) is 19.8 Å². The molecule has 4 aromatic rings. The quantitative estimate of drug-likeness (QED) is 0.283. The summed E-state index contributed by atoms with van der Waals surface area (Å²) >= 11 is 0. The van der Waals surface area contributed by atoms with Crippen LogP contribution in [-0.2, 0) is 11.2 Å². The number of aliphatic hydroxyl groups excluding tert-OH is 1. The number of ketones is 1. The van der Waals surface area contributed by atoms with Crippen molar-refractivity contribution in [2.45, 2.75) is 19.4 Å². The number of amides is 1. The largest absolute Gasteiger partial charge is 0.504 e. The Morgan fingerprint density at radius 3 is 2.73 bits per heavy atom. The first-order chi connectivity index (χ1) is 17.9. The summed E-state index contributed by atoms with van der Waals surface area (Å²) in [7, 11) is 1.60. The van der Waals surface area contributed by atoms with Gasteiger partial charge in [0.25, 0.3) is 5.91 Å². The number of carbonyl (C=O) groups is 2. The number of Topliss-reactive ketones (excluding diaryl/α,β-unsaturated/α-hetero) is 1. The fourth-order valence-electron chi connectivity index (χ4n) is 4.71. The van der Waals surface area contributed by atoms with Crippen LogP contribution in [0.3, 0.4) is 0 Å². The first-order valence-electron chi connectivity index (χ1n) is 11.8. The number of carbonyl (C=O) groups excluding carboxylic acids is 2. The molecule has 2 aromatic heterocycles. The number of benzene rings is 2. The summed E-state index contributed by atoms with van der Waals surface area (Å²) in [6.45, 7) is 2.30. The molecule has 3 heterocycles. The number of fused-ring (bicyclic) bond motifs is 1. The zero-order chi connectivity index (χ0) is 26.1. The predicted molar refractivity (Wildman–Crippen MR) is 135 cm³/mol. The number of aromatic amines is 1. The number of nitrogens with zero attached hydrogens (tertiary/aromatic N) is 1. The van der Waals surface area contributed by atoms with Crippen molar-refractivity contribution in [2.75, 3.05) is 20.3 Å². The monoisotopic (exact) mass is 502 g/mol. The van der Waals surface area contributed by atoms with Crippen molar-refractivity contribution in [3.05, 3.63) is 89.2 Å². The van der Waals surface area contributed by atoms with Crippen molar-refractivity contribution >= 4 is 22.6 Å². The molecule has 0 unspecified atom stereocenters. The minimum Gasteiger partial charge on any atom is -0.504 e. The van der Waals surface area contributed by atoms with Crippen LogP contribution >= 0.6 is 0 Å². The average molecular weight is 503 g/mol. The van der Waals surface area contributed by atoms with Crippen LogP contribution in [-0.4, -0.2) is 52.0 Å². The second-order valence-electron chi connectivity index (χ2n) is 8.61. The Bertz CT molecular complexity index is 1500. The van der Waals surface area contributed by atoms with E-state index in [1.807, 2.05) is 24.4 Å². The van der Waals surface area contributed by atoms with Gasteiger partial charge in [0.2, 0.25) is 5.78 Å². The van der Waals surface area contributed by atoms with E-state index in [1.165, 1.54) is 23.3 Å². The van der Waals surface area contributed by atoms with Gasteiger partial charge in [0.1, 0.15) is 5.75 Å². The Labute approximate surface area is 212 Å². The van der Waals surface area contributed by atoms with E-state index in [0.29, 0.717) is 24.3 Å². The number of furan rings is 1. The second kappa shape index (κ2) is 9.77. The number of phenolic OH excluding ortho intramolecular Hbond substituents is 1. The van der Waals surface area contributed by atoms with Gasteiger partial charge in [-0.25, -0.2) is 0 Å². The summed E-state index contributed by atoms with van der Waals surface area (Å²) in [6, 6.07) is 12.5. The summed E-state index contributed by atoms with van der Waals surface area (Å²) in [5.41, 5.74) is 2.30. The van der Waals surface area contributed by atoms with Crippen molar-refractivity contribution < 1.29 is 33.7 Å². The van der Waals surface area contributed by atoms with Crippen molar-refractivity contribution in [1.29, 1.82) is 0 Å². The van der Waals surface area contributed by atoms with Crippen LogP contribution in [0.25, 0.3) is 10.9 Å². The van der Waals surface area contributed by atoms with E-state index in [1.54, 1.807) is 32.2 Å². The molecule has 5 rings (SSSR count). The molecule has 9 nitrogen and oxygen atoms in total. The lowest BCUT2D eigenvalue weighted by Gasteiger charge is -2.27. The highest BCUT2D eigenvalue weighted by Gasteiger charge is 2.44. The Balaban J connectivity index is 1.53. The third-order valence-corrected chi connectivity index (χ3v) is 6.49. The highest BCUT2D eigenvalue weighted by atomic mass is 16.5. The maximum Gasteiger partial charge on any atom is 0.290 e. The second-order valence-corrected chi connectivity index (χ2v) is 8.61. The number of aromatic nitrogens is 1. The lowest BCUT2D eigenvalue weighted by Crippen LogP contribution is -2.33. The smallest absolute Gasteiger partial charge is 0.290 e. The SMILES string of the molecule is CCOc1cc([C@@H]2C(C(=O)c3ccco3)=C(O)C(=O)N2CCc2c[nH]c3ccc(OC)cc23)ccc1O. The van der Waals surface area contributed by atoms with E-state index in [4.69, 9.17) is 13.9 Å². The van der Waals surface area contributed by atoms with Crippen molar-refractivity contribution in [2.24, 2.45) is 0 Å². The predicted octanol–water partition coefficient (Wildman–Crippen LogP) is 4.69. The van der Waals surface area contributed by atoms with Crippen molar-refractivity contribution in [1.82, 2.24) is 9.88 Å². The Morgan fingerprint density at radius 2 is 2.00 bits per heavy atom. The Morgan fingerprint density at radius 1 is 1.16 bits per heavy atom.